The molecule has 34 heavy (non-hydrogen) atoms. The van der Waals surface area contributed by atoms with E-state index in [0.29, 0.717) is 38.5 Å². The molecule has 0 bridgehead atoms. The molecule has 2 rings (SSSR count). The molecule has 2 N–H and O–H groups in total. The number of nitrogens with one attached hydrogen (secondary N) is 2. The minimum absolute atomic E-state index is 0.288. The van der Waals surface area contributed by atoms with Crippen LogP contribution in [0.25, 0.3) is 0 Å². The smallest absolute Gasteiger partial charge is 0.291 e. The van der Waals surface area contributed by atoms with Crippen molar-refractivity contribution < 1.29 is 28.8 Å². The summed E-state index contributed by atoms with van der Waals surface area (Å²) >= 11 is 0. The van der Waals surface area contributed by atoms with Gasteiger partial charge in [0.05, 0.1) is 0 Å². The molecule has 0 radical (unpaired) electrons. The van der Waals surface area contributed by atoms with Gasteiger partial charge in [-0.2, -0.15) is 0 Å². The van der Waals surface area contributed by atoms with Crippen LogP contribution in [0.2, 0.25) is 0 Å². The van der Waals surface area contributed by atoms with Gasteiger partial charge in [-0.25, -0.2) is 0 Å². The largest absolute Gasteiger partial charge is 0.324 e. The van der Waals surface area contributed by atoms with Gasteiger partial charge in [0.25, 0.3) is 23.6 Å². The number of rotatable bonds is 8. The molecule has 0 aromatic rings. The molecule has 4 amide bonds. The Hall–Kier alpha value is -2.78. The quantitative estimate of drug-likeness (QED) is 0.397. The van der Waals surface area contributed by atoms with Crippen LogP contribution in [0.4, 0.5) is 0 Å². The highest BCUT2D eigenvalue weighted by Gasteiger charge is 2.43. The lowest BCUT2D eigenvalue weighted by Gasteiger charge is -2.29. The van der Waals surface area contributed by atoms with Crippen LogP contribution in [0.5, 0.6) is 0 Å². The Morgan fingerprint density at radius 2 is 1.00 bits per heavy atom. The third kappa shape index (κ3) is 5.64. The fraction of sp³-hybridized carbons (Fsp3) is 0.750. The first-order chi connectivity index (χ1) is 15.8. The summed E-state index contributed by atoms with van der Waals surface area (Å²) in [7, 11) is 0. The van der Waals surface area contributed by atoms with Crippen LogP contribution >= 0.6 is 0 Å². The predicted octanol–water partition coefficient (Wildman–Crippen LogP) is 1.13. The van der Waals surface area contributed by atoms with Gasteiger partial charge in [-0.3, -0.25) is 39.6 Å². The lowest BCUT2D eigenvalue weighted by molar-refractivity contribution is -0.152. The molecule has 0 saturated carbocycles. The molecule has 0 spiro atoms. The van der Waals surface area contributed by atoms with Crippen LogP contribution in [0.3, 0.4) is 0 Å². The number of hydrogen-bond donors (Lipinski definition) is 2. The summed E-state index contributed by atoms with van der Waals surface area (Å²) in [6, 6.07) is -1.73. The summed E-state index contributed by atoms with van der Waals surface area (Å²) < 4.78 is 0. The number of ketones is 2. The zero-order valence-electron chi connectivity index (χ0n) is 21.2. The Labute approximate surface area is 201 Å². The van der Waals surface area contributed by atoms with Gasteiger partial charge in [0.1, 0.15) is 12.1 Å². The molecule has 0 aromatic heterocycles. The summed E-state index contributed by atoms with van der Waals surface area (Å²) in [5.74, 6) is -3.67. The summed E-state index contributed by atoms with van der Waals surface area (Å²) in [6.45, 7) is 11.0. The van der Waals surface area contributed by atoms with Crippen molar-refractivity contribution in [1.29, 1.82) is 0 Å². The van der Waals surface area contributed by atoms with Crippen LogP contribution in [-0.4, -0.2) is 70.2 Å². The van der Waals surface area contributed by atoms with E-state index in [2.05, 4.69) is 10.9 Å². The van der Waals surface area contributed by atoms with E-state index >= 15 is 0 Å². The molecule has 2 atom stereocenters. The summed E-state index contributed by atoms with van der Waals surface area (Å²) in [6.07, 6.45) is 2.87. The van der Waals surface area contributed by atoms with E-state index in [1.165, 1.54) is 9.80 Å². The van der Waals surface area contributed by atoms with Crippen molar-refractivity contribution in [1.82, 2.24) is 20.7 Å². The van der Waals surface area contributed by atoms with E-state index < -0.39 is 58.1 Å². The lowest BCUT2D eigenvalue weighted by atomic mass is 9.84. The molecule has 2 fully saturated rings. The first kappa shape index (κ1) is 27.5. The highest BCUT2D eigenvalue weighted by atomic mass is 16.2. The average molecular weight is 479 g/mol. The van der Waals surface area contributed by atoms with Gasteiger partial charge >= 0.3 is 0 Å². The zero-order chi connectivity index (χ0) is 25.8. The second-order valence-corrected chi connectivity index (χ2v) is 10.4. The minimum Gasteiger partial charge on any atom is -0.324 e. The molecule has 2 heterocycles. The number of hydrazine groups is 1. The van der Waals surface area contributed by atoms with Gasteiger partial charge in [0.2, 0.25) is 11.6 Å². The molecule has 190 valence electrons. The van der Waals surface area contributed by atoms with Crippen molar-refractivity contribution in [2.75, 3.05) is 13.1 Å². The highest BCUT2D eigenvalue weighted by molar-refractivity contribution is 6.38. The monoisotopic (exact) mass is 478 g/mol. The van der Waals surface area contributed by atoms with Gasteiger partial charge in [0.15, 0.2) is 0 Å². The number of carbonyl (C=O) groups excluding carboxylic acids is 6. The zero-order valence-corrected chi connectivity index (χ0v) is 21.2. The first-order valence-electron chi connectivity index (χ1n) is 12.1. The van der Waals surface area contributed by atoms with Gasteiger partial charge in [-0.05, 0) is 38.5 Å². The average Bonchev–Trinajstić information content (AvgIpc) is 3.50. The van der Waals surface area contributed by atoms with Gasteiger partial charge in [0, 0.05) is 23.9 Å². The lowest BCUT2D eigenvalue weighted by Crippen LogP contribution is -2.57. The van der Waals surface area contributed by atoms with E-state index in [1.54, 1.807) is 27.7 Å². The van der Waals surface area contributed by atoms with Crippen LogP contribution < -0.4 is 10.9 Å². The normalized spacial score (nSPS) is 20.8. The van der Waals surface area contributed by atoms with Crippen LogP contribution in [0, 0.1) is 10.8 Å². The van der Waals surface area contributed by atoms with E-state index in [4.69, 9.17) is 0 Å². The third-order valence-corrected chi connectivity index (χ3v) is 7.33. The number of hydrogen-bond acceptors (Lipinski definition) is 6. The molecular formula is C24H38N4O6. The molecule has 2 saturated heterocycles. The number of nitrogens with zero attached hydrogens (tertiary/aromatic N) is 2. The molecule has 10 heteroatoms. The Morgan fingerprint density at radius 3 is 1.29 bits per heavy atom. The SMILES string of the molecule is CCC(C)(C)C(=O)C(=O)N1CCCC1C(=O)NNC(=O)[C@H]1CCCN1C(=O)C(=O)C(C)(C)CC. The van der Waals surface area contributed by atoms with E-state index in [0.717, 1.165) is 0 Å². The molecule has 2 aliphatic rings. The topological polar surface area (TPSA) is 133 Å². The Morgan fingerprint density at radius 1 is 0.676 bits per heavy atom. The summed E-state index contributed by atoms with van der Waals surface area (Å²) in [5.41, 5.74) is 3.04. The van der Waals surface area contributed by atoms with Gasteiger partial charge < -0.3 is 9.80 Å². The number of likely N-dealkylation sites (tertiary alicyclic amines) is 2. The summed E-state index contributed by atoms with van der Waals surface area (Å²) in [4.78, 5) is 78.7. The van der Waals surface area contributed by atoms with E-state index in [9.17, 15) is 28.8 Å². The van der Waals surface area contributed by atoms with Crippen molar-refractivity contribution in [2.24, 2.45) is 10.8 Å². The fourth-order valence-corrected chi connectivity index (χ4v) is 4.02. The predicted molar refractivity (Wildman–Crippen MR) is 124 cm³/mol. The molecular weight excluding hydrogens is 440 g/mol. The van der Waals surface area contributed by atoms with Crippen molar-refractivity contribution >= 4 is 35.2 Å². The third-order valence-electron chi connectivity index (χ3n) is 7.33. The van der Waals surface area contributed by atoms with Crippen LogP contribution in [0.1, 0.15) is 80.1 Å². The molecule has 2 aliphatic heterocycles. The Balaban J connectivity index is 2.00. The Kier molecular flexibility index (Phi) is 8.60. The maximum atomic E-state index is 12.7. The molecule has 0 aliphatic carbocycles. The van der Waals surface area contributed by atoms with Crippen LogP contribution in [-0.2, 0) is 28.8 Å². The maximum absolute atomic E-state index is 12.7. The van der Waals surface area contributed by atoms with Crippen molar-refractivity contribution in [2.45, 2.75) is 92.2 Å². The summed E-state index contributed by atoms with van der Waals surface area (Å²) in [5, 5.41) is 0. The van der Waals surface area contributed by atoms with Gasteiger partial charge in [-0.15, -0.1) is 0 Å². The van der Waals surface area contributed by atoms with Gasteiger partial charge in [-0.1, -0.05) is 41.5 Å². The highest BCUT2D eigenvalue weighted by Crippen LogP contribution is 2.27. The second kappa shape index (κ2) is 10.7. The molecule has 1 unspecified atom stereocenters. The van der Waals surface area contributed by atoms with Crippen molar-refractivity contribution in [3.05, 3.63) is 0 Å². The van der Waals surface area contributed by atoms with E-state index in [-0.39, 0.29) is 13.1 Å². The standard InChI is InChI=1S/C24H38N4O6/c1-7-23(3,4)17(29)21(33)27-13-9-11-15(27)19(31)25-26-20(32)16-12-10-14-28(16)22(34)18(30)24(5,6)8-2/h15-16H,7-14H2,1-6H3,(H,25,31)(H,26,32)/t15-,16?/m1/s1. The minimum atomic E-state index is -0.863. The number of carbonyl (C=O) groups is 6. The van der Waals surface area contributed by atoms with E-state index in [1.807, 2.05) is 13.8 Å². The Bertz CT molecular complexity index is 796. The molecule has 10 nitrogen and oxygen atoms in total. The number of Topliss-reactive ketones (excluding diaryl/α,β-unsaturated/α-hetero) is 2. The maximum Gasteiger partial charge on any atom is 0.291 e. The fourth-order valence-electron chi connectivity index (χ4n) is 4.02. The van der Waals surface area contributed by atoms with Crippen molar-refractivity contribution in [3.8, 4) is 0 Å². The number of amides is 4. The first-order valence-corrected chi connectivity index (χ1v) is 12.1. The molecule has 0 aromatic carbocycles. The van der Waals surface area contributed by atoms with Crippen molar-refractivity contribution in [3.63, 3.8) is 0 Å². The second-order valence-electron chi connectivity index (χ2n) is 10.4. The van der Waals surface area contributed by atoms with Crippen LogP contribution in [0.15, 0.2) is 0 Å².